The first-order chi connectivity index (χ1) is 6.83. The molecule has 1 atom stereocenters. The Kier molecular flexibility index (Phi) is 5.27. The molecular weight excluding hydrogens is 172 g/mol. The van der Waals surface area contributed by atoms with Gasteiger partial charge in [0.2, 0.25) is 0 Å². The summed E-state index contributed by atoms with van der Waals surface area (Å²) in [5.41, 5.74) is 4.19. The van der Waals surface area contributed by atoms with Crippen LogP contribution in [0.15, 0.2) is 30.3 Å². The predicted octanol–water partition coefficient (Wildman–Crippen LogP) is 2.25. The number of hydrogen-bond acceptors (Lipinski definition) is 2. The van der Waals surface area contributed by atoms with E-state index in [0.29, 0.717) is 6.04 Å². The van der Waals surface area contributed by atoms with E-state index in [1.165, 1.54) is 24.8 Å². The zero-order chi connectivity index (χ0) is 10.2. The molecule has 0 aromatic heterocycles. The van der Waals surface area contributed by atoms with Crippen molar-refractivity contribution in [1.82, 2.24) is 5.43 Å². The van der Waals surface area contributed by atoms with Gasteiger partial charge in [-0.2, -0.15) is 0 Å². The van der Waals surface area contributed by atoms with Crippen molar-refractivity contribution in [3.05, 3.63) is 35.9 Å². The summed E-state index contributed by atoms with van der Waals surface area (Å²) in [5, 5.41) is 0. The number of benzene rings is 1. The number of aryl methyl sites for hydroxylation is 1. The van der Waals surface area contributed by atoms with Crippen LogP contribution in [0.4, 0.5) is 0 Å². The van der Waals surface area contributed by atoms with Crippen LogP contribution < -0.4 is 11.3 Å². The lowest BCUT2D eigenvalue weighted by Crippen LogP contribution is -2.32. The number of hydrogen-bond donors (Lipinski definition) is 2. The van der Waals surface area contributed by atoms with Crippen LogP contribution in [-0.4, -0.2) is 6.04 Å². The van der Waals surface area contributed by atoms with Gasteiger partial charge in [-0.1, -0.05) is 36.8 Å². The topological polar surface area (TPSA) is 38.0 Å². The summed E-state index contributed by atoms with van der Waals surface area (Å²) >= 11 is 0. The van der Waals surface area contributed by atoms with E-state index >= 15 is 0 Å². The molecule has 1 aromatic carbocycles. The quantitative estimate of drug-likeness (QED) is 0.412. The molecule has 0 fully saturated rings. The lowest BCUT2D eigenvalue weighted by Gasteiger charge is -2.08. The highest BCUT2D eigenvalue weighted by molar-refractivity contribution is 5.14. The third-order valence-corrected chi connectivity index (χ3v) is 2.48. The summed E-state index contributed by atoms with van der Waals surface area (Å²) in [6.07, 6.45) is 4.82. The monoisotopic (exact) mass is 192 g/mol. The van der Waals surface area contributed by atoms with Gasteiger partial charge in [0.25, 0.3) is 0 Å². The van der Waals surface area contributed by atoms with Crippen LogP contribution in [0.25, 0.3) is 0 Å². The molecule has 14 heavy (non-hydrogen) atoms. The number of rotatable bonds is 6. The van der Waals surface area contributed by atoms with Crippen molar-refractivity contribution < 1.29 is 0 Å². The smallest absolute Gasteiger partial charge is 0.0182 e. The predicted molar refractivity (Wildman–Crippen MR) is 60.8 cm³/mol. The molecule has 0 amide bonds. The molecule has 78 valence electrons. The zero-order valence-electron chi connectivity index (χ0n) is 8.87. The largest absolute Gasteiger partial charge is 0.271 e. The van der Waals surface area contributed by atoms with Crippen LogP contribution in [0, 0.1) is 0 Å². The second-order valence-electron chi connectivity index (χ2n) is 3.80. The lowest BCUT2D eigenvalue weighted by molar-refractivity contribution is 0.503. The summed E-state index contributed by atoms with van der Waals surface area (Å²) in [4.78, 5) is 0. The molecule has 0 aliphatic heterocycles. The van der Waals surface area contributed by atoms with Gasteiger partial charge in [-0.25, -0.2) is 0 Å². The normalized spacial score (nSPS) is 12.7. The minimum Gasteiger partial charge on any atom is -0.271 e. The SMILES string of the molecule is CC(CCCCc1ccccc1)NN. The maximum absolute atomic E-state index is 5.32. The highest BCUT2D eigenvalue weighted by Gasteiger charge is 1.98. The number of nitrogens with two attached hydrogens (primary N) is 1. The van der Waals surface area contributed by atoms with Crippen molar-refractivity contribution in [2.75, 3.05) is 0 Å². The van der Waals surface area contributed by atoms with Crippen molar-refractivity contribution in [2.24, 2.45) is 5.84 Å². The van der Waals surface area contributed by atoms with Gasteiger partial charge >= 0.3 is 0 Å². The number of unbranched alkanes of at least 4 members (excludes halogenated alkanes) is 1. The summed E-state index contributed by atoms with van der Waals surface area (Å²) in [5.74, 6) is 5.32. The summed E-state index contributed by atoms with van der Waals surface area (Å²) in [6, 6.07) is 11.1. The van der Waals surface area contributed by atoms with Crippen LogP contribution >= 0.6 is 0 Å². The Morgan fingerprint density at radius 1 is 1.21 bits per heavy atom. The highest BCUT2D eigenvalue weighted by atomic mass is 15.2. The molecule has 0 radical (unpaired) electrons. The Morgan fingerprint density at radius 3 is 2.57 bits per heavy atom. The van der Waals surface area contributed by atoms with Crippen molar-refractivity contribution >= 4 is 0 Å². The van der Waals surface area contributed by atoms with Crippen LogP contribution in [0.3, 0.4) is 0 Å². The van der Waals surface area contributed by atoms with Gasteiger partial charge in [0.1, 0.15) is 0 Å². The third-order valence-electron chi connectivity index (χ3n) is 2.48. The Morgan fingerprint density at radius 2 is 1.93 bits per heavy atom. The second kappa shape index (κ2) is 6.57. The average molecular weight is 192 g/mol. The molecule has 0 saturated carbocycles. The first kappa shape index (κ1) is 11.2. The minimum atomic E-state index is 0.436. The Hall–Kier alpha value is -0.860. The van der Waals surface area contributed by atoms with Crippen molar-refractivity contribution in [2.45, 2.75) is 38.6 Å². The second-order valence-corrected chi connectivity index (χ2v) is 3.80. The fraction of sp³-hybridized carbons (Fsp3) is 0.500. The van der Waals surface area contributed by atoms with Gasteiger partial charge < -0.3 is 0 Å². The van der Waals surface area contributed by atoms with E-state index < -0.39 is 0 Å². The van der Waals surface area contributed by atoms with Crippen molar-refractivity contribution in [3.8, 4) is 0 Å². The molecule has 1 unspecified atom stereocenters. The molecule has 0 spiro atoms. The molecular formula is C12H20N2. The van der Waals surface area contributed by atoms with Crippen molar-refractivity contribution in [3.63, 3.8) is 0 Å². The van der Waals surface area contributed by atoms with Gasteiger partial charge in [0.15, 0.2) is 0 Å². The zero-order valence-corrected chi connectivity index (χ0v) is 8.87. The summed E-state index contributed by atoms with van der Waals surface area (Å²) in [6.45, 7) is 2.11. The fourth-order valence-electron chi connectivity index (χ4n) is 1.51. The molecule has 1 aromatic rings. The van der Waals surface area contributed by atoms with Crippen LogP contribution in [0.1, 0.15) is 31.7 Å². The molecule has 2 nitrogen and oxygen atoms in total. The van der Waals surface area contributed by atoms with Gasteiger partial charge in [0.05, 0.1) is 0 Å². The maximum atomic E-state index is 5.32. The van der Waals surface area contributed by atoms with Crippen LogP contribution in [-0.2, 0) is 6.42 Å². The molecule has 2 heteroatoms. The summed E-state index contributed by atoms with van der Waals surface area (Å²) < 4.78 is 0. The number of hydrazine groups is 1. The van der Waals surface area contributed by atoms with Crippen LogP contribution in [0.5, 0.6) is 0 Å². The summed E-state index contributed by atoms with van der Waals surface area (Å²) in [7, 11) is 0. The van der Waals surface area contributed by atoms with Gasteiger partial charge in [-0.3, -0.25) is 11.3 Å². The molecule has 0 saturated heterocycles. The Labute approximate surface area is 86.5 Å². The lowest BCUT2D eigenvalue weighted by atomic mass is 10.1. The Balaban J connectivity index is 2.10. The first-order valence-corrected chi connectivity index (χ1v) is 5.33. The fourth-order valence-corrected chi connectivity index (χ4v) is 1.51. The van der Waals surface area contributed by atoms with E-state index in [0.717, 1.165) is 6.42 Å². The molecule has 0 aliphatic rings. The van der Waals surface area contributed by atoms with E-state index in [2.05, 4.69) is 42.7 Å². The molecule has 0 heterocycles. The maximum Gasteiger partial charge on any atom is 0.0182 e. The van der Waals surface area contributed by atoms with Gasteiger partial charge in [-0.05, 0) is 31.7 Å². The minimum absolute atomic E-state index is 0.436. The van der Waals surface area contributed by atoms with E-state index in [9.17, 15) is 0 Å². The molecule has 1 rings (SSSR count). The standard InChI is InChI=1S/C12H20N2/c1-11(14-13)7-5-6-10-12-8-3-2-4-9-12/h2-4,8-9,11,14H,5-7,10,13H2,1H3. The molecule has 0 aliphatic carbocycles. The van der Waals surface area contributed by atoms with E-state index in [1.807, 2.05) is 0 Å². The number of nitrogens with one attached hydrogen (secondary N) is 1. The highest BCUT2D eigenvalue weighted by Crippen LogP contribution is 2.07. The van der Waals surface area contributed by atoms with E-state index in [1.54, 1.807) is 0 Å². The average Bonchev–Trinajstić information content (AvgIpc) is 2.25. The van der Waals surface area contributed by atoms with Crippen molar-refractivity contribution in [1.29, 1.82) is 0 Å². The van der Waals surface area contributed by atoms with Crippen LogP contribution in [0.2, 0.25) is 0 Å². The Bertz CT molecular complexity index is 233. The molecule has 3 N–H and O–H groups in total. The van der Waals surface area contributed by atoms with E-state index in [-0.39, 0.29) is 0 Å². The third kappa shape index (κ3) is 4.40. The van der Waals surface area contributed by atoms with Gasteiger partial charge in [0, 0.05) is 6.04 Å². The van der Waals surface area contributed by atoms with Gasteiger partial charge in [-0.15, -0.1) is 0 Å². The van der Waals surface area contributed by atoms with E-state index in [4.69, 9.17) is 5.84 Å². The molecule has 0 bridgehead atoms. The first-order valence-electron chi connectivity index (χ1n) is 5.33.